The number of nitrogens with zero attached hydrogens (tertiary/aromatic N) is 2. The molecule has 170 valence electrons. The van der Waals surface area contributed by atoms with Crippen molar-refractivity contribution in [1.29, 1.82) is 0 Å². The van der Waals surface area contributed by atoms with E-state index in [4.69, 9.17) is 19.2 Å². The van der Waals surface area contributed by atoms with Gasteiger partial charge in [0.2, 0.25) is 0 Å². The molecule has 6 nitrogen and oxygen atoms in total. The van der Waals surface area contributed by atoms with Crippen LogP contribution >= 0.6 is 0 Å². The van der Waals surface area contributed by atoms with Crippen LogP contribution in [0.15, 0.2) is 12.1 Å². The number of methoxy groups -OCH3 is 2. The Balaban J connectivity index is 1.58. The molecule has 2 aliphatic rings. The summed E-state index contributed by atoms with van der Waals surface area (Å²) in [4.78, 5) is 7.55. The van der Waals surface area contributed by atoms with Crippen LogP contribution in [0.5, 0.6) is 11.5 Å². The van der Waals surface area contributed by atoms with Crippen molar-refractivity contribution in [1.82, 2.24) is 9.88 Å². The van der Waals surface area contributed by atoms with Gasteiger partial charge >= 0.3 is 0 Å². The molecule has 0 bridgehead atoms. The first-order chi connectivity index (χ1) is 15.1. The summed E-state index contributed by atoms with van der Waals surface area (Å²) < 4.78 is 17.3. The quantitative estimate of drug-likeness (QED) is 0.571. The van der Waals surface area contributed by atoms with Gasteiger partial charge in [-0.25, -0.2) is 0 Å². The van der Waals surface area contributed by atoms with Gasteiger partial charge in [-0.15, -0.1) is 0 Å². The fourth-order valence-corrected chi connectivity index (χ4v) is 4.78. The second-order valence-corrected chi connectivity index (χ2v) is 9.12. The molecule has 6 heteroatoms. The highest BCUT2D eigenvalue weighted by molar-refractivity contribution is 5.96. The first kappa shape index (κ1) is 22.2. The molecule has 1 aromatic carbocycles. The third-order valence-corrected chi connectivity index (χ3v) is 6.59. The van der Waals surface area contributed by atoms with E-state index in [9.17, 15) is 0 Å². The highest BCUT2D eigenvalue weighted by Gasteiger charge is 2.25. The van der Waals surface area contributed by atoms with Crippen molar-refractivity contribution >= 4 is 16.6 Å². The molecule has 4 rings (SSSR count). The third-order valence-electron chi connectivity index (χ3n) is 6.59. The predicted molar refractivity (Wildman–Crippen MR) is 126 cm³/mol. The number of rotatable bonds is 10. The Labute approximate surface area is 186 Å². The number of ether oxygens (including phenoxy) is 3. The summed E-state index contributed by atoms with van der Waals surface area (Å²) in [5.41, 5.74) is 4.69. The standard InChI is InChI=1S/C25H37N3O3/c1-17-12-19-21(13-17)27-22-15-24(31-11-7-10-28-8-5-6-9-28)23(30-4)14-20(22)25(19)26-16-18(2)29-3/h14-15,17-18H,5-13,16H2,1-4H3,(H,26,27)/t17?,18-/m1/s1. The second kappa shape index (κ2) is 10.0. The minimum atomic E-state index is 0.137. The second-order valence-electron chi connectivity index (χ2n) is 9.12. The lowest BCUT2D eigenvalue weighted by atomic mass is 10.0. The molecule has 0 spiro atoms. The Bertz CT molecular complexity index is 895. The molecule has 1 aromatic heterocycles. The minimum Gasteiger partial charge on any atom is -0.493 e. The van der Waals surface area contributed by atoms with E-state index in [2.05, 4.69) is 36.2 Å². The molecule has 0 amide bonds. The lowest BCUT2D eigenvalue weighted by Gasteiger charge is -2.19. The van der Waals surface area contributed by atoms with E-state index in [0.717, 1.165) is 54.8 Å². The number of anilines is 1. The van der Waals surface area contributed by atoms with Crippen LogP contribution in [0.3, 0.4) is 0 Å². The van der Waals surface area contributed by atoms with Crippen LogP contribution in [0.2, 0.25) is 0 Å². The van der Waals surface area contributed by atoms with E-state index >= 15 is 0 Å². The number of benzene rings is 1. The monoisotopic (exact) mass is 427 g/mol. The van der Waals surface area contributed by atoms with Crippen molar-refractivity contribution in [2.75, 3.05) is 52.3 Å². The first-order valence-corrected chi connectivity index (χ1v) is 11.7. The number of fused-ring (bicyclic) bond motifs is 2. The molecule has 2 heterocycles. The van der Waals surface area contributed by atoms with Crippen molar-refractivity contribution in [3.8, 4) is 11.5 Å². The molecule has 1 saturated heterocycles. The Hall–Kier alpha value is -2.05. The number of nitrogens with one attached hydrogen (secondary N) is 1. The highest BCUT2D eigenvalue weighted by Crippen LogP contribution is 2.40. The fourth-order valence-electron chi connectivity index (χ4n) is 4.78. The molecule has 1 unspecified atom stereocenters. The van der Waals surface area contributed by atoms with Gasteiger partial charge in [-0.05, 0) is 69.7 Å². The number of hydrogen-bond donors (Lipinski definition) is 1. The summed E-state index contributed by atoms with van der Waals surface area (Å²) in [6, 6.07) is 4.14. The lowest BCUT2D eigenvalue weighted by Crippen LogP contribution is -2.22. The van der Waals surface area contributed by atoms with Crippen LogP contribution in [0.25, 0.3) is 10.9 Å². The zero-order valence-corrected chi connectivity index (χ0v) is 19.5. The van der Waals surface area contributed by atoms with Gasteiger partial charge in [0.25, 0.3) is 0 Å². The van der Waals surface area contributed by atoms with Crippen molar-refractivity contribution < 1.29 is 14.2 Å². The molecule has 1 N–H and O–H groups in total. The molecule has 1 aliphatic heterocycles. The summed E-state index contributed by atoms with van der Waals surface area (Å²) in [5, 5.41) is 4.74. The Morgan fingerprint density at radius 3 is 2.71 bits per heavy atom. The maximum atomic E-state index is 6.16. The molecule has 1 aliphatic carbocycles. The SMILES string of the molecule is COc1cc2c(NC[C@@H](C)OC)c3c(nc2cc1OCCCN1CCCC1)CC(C)C3. The Morgan fingerprint density at radius 2 is 1.97 bits per heavy atom. The van der Waals surface area contributed by atoms with E-state index in [0.29, 0.717) is 12.5 Å². The van der Waals surface area contributed by atoms with Crippen LogP contribution < -0.4 is 14.8 Å². The zero-order valence-electron chi connectivity index (χ0n) is 19.5. The first-order valence-electron chi connectivity index (χ1n) is 11.7. The van der Waals surface area contributed by atoms with E-state index < -0.39 is 0 Å². The molecular formula is C25H37N3O3. The average molecular weight is 428 g/mol. The maximum Gasteiger partial charge on any atom is 0.163 e. The number of pyridine rings is 1. The number of aromatic nitrogens is 1. The predicted octanol–water partition coefficient (Wildman–Crippen LogP) is 4.29. The molecule has 2 atom stereocenters. The van der Waals surface area contributed by atoms with Crippen molar-refractivity contribution in [3.05, 3.63) is 23.4 Å². The summed E-state index contributed by atoms with van der Waals surface area (Å²) in [7, 11) is 3.46. The van der Waals surface area contributed by atoms with E-state index in [1.54, 1.807) is 14.2 Å². The lowest BCUT2D eigenvalue weighted by molar-refractivity contribution is 0.129. The van der Waals surface area contributed by atoms with Crippen molar-refractivity contribution in [3.63, 3.8) is 0 Å². The van der Waals surface area contributed by atoms with Crippen LogP contribution in [0.1, 0.15) is 44.4 Å². The molecule has 0 saturated carbocycles. The molecule has 2 aromatic rings. The van der Waals surface area contributed by atoms with Crippen LogP contribution in [-0.4, -0.2) is 63.0 Å². The van der Waals surface area contributed by atoms with Crippen molar-refractivity contribution in [2.24, 2.45) is 5.92 Å². The van der Waals surface area contributed by atoms with E-state index in [1.165, 1.54) is 42.9 Å². The van der Waals surface area contributed by atoms with Crippen LogP contribution in [0.4, 0.5) is 5.69 Å². The van der Waals surface area contributed by atoms with E-state index in [-0.39, 0.29) is 6.10 Å². The molecule has 1 fully saturated rings. The topological polar surface area (TPSA) is 55.9 Å². The summed E-state index contributed by atoms with van der Waals surface area (Å²) >= 11 is 0. The Kier molecular flexibility index (Phi) is 7.18. The normalized spacial score (nSPS) is 19.5. The highest BCUT2D eigenvalue weighted by atomic mass is 16.5. The van der Waals surface area contributed by atoms with Gasteiger partial charge in [0.15, 0.2) is 11.5 Å². The molecule has 31 heavy (non-hydrogen) atoms. The summed E-state index contributed by atoms with van der Waals surface area (Å²) in [6.07, 6.45) is 5.90. The van der Waals surface area contributed by atoms with Gasteiger partial charge < -0.3 is 24.4 Å². The fraction of sp³-hybridized carbons (Fsp3) is 0.640. The third kappa shape index (κ3) is 5.07. The van der Waals surface area contributed by atoms with Crippen LogP contribution in [-0.2, 0) is 17.6 Å². The van der Waals surface area contributed by atoms with E-state index in [1.807, 2.05) is 0 Å². The van der Waals surface area contributed by atoms with Crippen molar-refractivity contribution in [2.45, 2.75) is 52.1 Å². The summed E-state index contributed by atoms with van der Waals surface area (Å²) in [5.74, 6) is 2.17. The van der Waals surface area contributed by atoms with Gasteiger partial charge in [0.05, 0.1) is 25.3 Å². The maximum absolute atomic E-state index is 6.16. The summed E-state index contributed by atoms with van der Waals surface area (Å²) in [6.45, 7) is 9.38. The number of hydrogen-bond acceptors (Lipinski definition) is 6. The van der Waals surface area contributed by atoms with Gasteiger partial charge in [-0.3, -0.25) is 4.98 Å². The number of likely N-dealkylation sites (tertiary alicyclic amines) is 1. The van der Waals surface area contributed by atoms with Gasteiger partial charge in [0.1, 0.15) is 0 Å². The molecular weight excluding hydrogens is 390 g/mol. The van der Waals surface area contributed by atoms with Gasteiger partial charge in [-0.1, -0.05) is 6.92 Å². The minimum absolute atomic E-state index is 0.137. The van der Waals surface area contributed by atoms with Gasteiger partial charge in [-0.2, -0.15) is 0 Å². The smallest absolute Gasteiger partial charge is 0.163 e. The van der Waals surface area contributed by atoms with Gasteiger partial charge in [0, 0.05) is 43.0 Å². The molecule has 0 radical (unpaired) electrons. The Morgan fingerprint density at radius 1 is 1.16 bits per heavy atom. The average Bonchev–Trinajstić information content (AvgIpc) is 3.42. The van der Waals surface area contributed by atoms with Crippen LogP contribution in [0, 0.1) is 5.92 Å². The zero-order chi connectivity index (χ0) is 21.8. The largest absolute Gasteiger partial charge is 0.493 e.